The highest BCUT2D eigenvalue weighted by Crippen LogP contribution is 2.19. The van der Waals surface area contributed by atoms with E-state index in [-0.39, 0.29) is 5.91 Å². The summed E-state index contributed by atoms with van der Waals surface area (Å²) in [6.45, 7) is 0. The van der Waals surface area contributed by atoms with Crippen molar-refractivity contribution in [2.45, 2.75) is 0 Å². The molecule has 2 aromatic carbocycles. The Labute approximate surface area is 153 Å². The number of nitrogens with zero attached hydrogens (tertiary/aromatic N) is 2. The topological polar surface area (TPSA) is 76.1 Å². The van der Waals surface area contributed by atoms with Crippen LogP contribution >= 0.6 is 15.9 Å². The molecule has 0 aliphatic carbocycles. The SMILES string of the molecule is COc1ccc(NC(=O)c2cnc(Nc3cccc(Br)c3)nc2)cc1. The quantitative estimate of drug-likeness (QED) is 0.671. The van der Waals surface area contributed by atoms with Gasteiger partial charge in [-0.05, 0) is 42.5 Å². The average molecular weight is 399 g/mol. The zero-order chi connectivity index (χ0) is 17.6. The highest BCUT2D eigenvalue weighted by molar-refractivity contribution is 9.10. The first-order chi connectivity index (χ1) is 12.1. The van der Waals surface area contributed by atoms with Gasteiger partial charge in [0, 0.05) is 28.2 Å². The van der Waals surface area contributed by atoms with Crippen molar-refractivity contribution in [1.82, 2.24) is 9.97 Å². The van der Waals surface area contributed by atoms with Gasteiger partial charge < -0.3 is 15.4 Å². The van der Waals surface area contributed by atoms with Crippen LogP contribution in [0.15, 0.2) is 65.4 Å². The van der Waals surface area contributed by atoms with Crippen molar-refractivity contribution < 1.29 is 9.53 Å². The normalized spacial score (nSPS) is 10.2. The lowest BCUT2D eigenvalue weighted by molar-refractivity contribution is 0.102. The zero-order valence-electron chi connectivity index (χ0n) is 13.4. The van der Waals surface area contributed by atoms with Crippen LogP contribution in [0.3, 0.4) is 0 Å². The van der Waals surface area contributed by atoms with Crippen molar-refractivity contribution in [2.24, 2.45) is 0 Å². The fourth-order valence-electron chi connectivity index (χ4n) is 2.08. The Balaban J connectivity index is 1.65. The van der Waals surface area contributed by atoms with Crippen LogP contribution in [0.2, 0.25) is 0 Å². The molecule has 0 unspecified atom stereocenters. The van der Waals surface area contributed by atoms with E-state index in [1.54, 1.807) is 31.4 Å². The molecule has 6 nitrogen and oxygen atoms in total. The summed E-state index contributed by atoms with van der Waals surface area (Å²) in [6.07, 6.45) is 2.96. The van der Waals surface area contributed by atoms with Gasteiger partial charge in [0.1, 0.15) is 5.75 Å². The van der Waals surface area contributed by atoms with Crippen LogP contribution in [0, 0.1) is 0 Å². The van der Waals surface area contributed by atoms with Crippen LogP contribution in [0.5, 0.6) is 5.75 Å². The lowest BCUT2D eigenvalue weighted by Crippen LogP contribution is -2.13. The summed E-state index contributed by atoms with van der Waals surface area (Å²) in [5, 5.41) is 5.86. The number of carbonyl (C=O) groups excluding carboxylic acids is 1. The molecule has 0 aliphatic rings. The number of nitrogens with one attached hydrogen (secondary N) is 2. The van der Waals surface area contributed by atoms with E-state index in [0.717, 1.165) is 15.9 Å². The minimum absolute atomic E-state index is 0.279. The summed E-state index contributed by atoms with van der Waals surface area (Å²) >= 11 is 3.41. The maximum absolute atomic E-state index is 12.2. The number of anilines is 3. The number of methoxy groups -OCH3 is 1. The molecule has 0 radical (unpaired) electrons. The van der Waals surface area contributed by atoms with E-state index in [2.05, 4.69) is 36.5 Å². The van der Waals surface area contributed by atoms with Gasteiger partial charge in [-0.2, -0.15) is 0 Å². The summed E-state index contributed by atoms with van der Waals surface area (Å²) in [4.78, 5) is 20.6. The second kappa shape index (κ2) is 7.76. The molecule has 1 amide bonds. The standard InChI is InChI=1S/C18H15BrN4O2/c1-25-16-7-5-14(6-8-16)22-17(24)12-10-20-18(21-11-12)23-15-4-2-3-13(19)9-15/h2-11H,1H3,(H,22,24)(H,20,21,23). The highest BCUT2D eigenvalue weighted by atomic mass is 79.9. The van der Waals surface area contributed by atoms with Gasteiger partial charge in [0.2, 0.25) is 5.95 Å². The lowest BCUT2D eigenvalue weighted by atomic mass is 10.2. The fourth-order valence-corrected chi connectivity index (χ4v) is 2.48. The van der Waals surface area contributed by atoms with Gasteiger partial charge >= 0.3 is 0 Å². The maximum atomic E-state index is 12.2. The molecule has 2 N–H and O–H groups in total. The number of benzene rings is 2. The predicted octanol–water partition coefficient (Wildman–Crippen LogP) is 4.24. The van der Waals surface area contributed by atoms with Crippen molar-refractivity contribution >= 4 is 39.2 Å². The number of hydrogen-bond acceptors (Lipinski definition) is 5. The van der Waals surface area contributed by atoms with Gasteiger partial charge in [0.05, 0.1) is 12.7 Å². The van der Waals surface area contributed by atoms with Crippen LogP contribution in [-0.2, 0) is 0 Å². The molecule has 3 rings (SSSR count). The van der Waals surface area contributed by atoms with Crippen molar-refractivity contribution in [3.05, 3.63) is 71.0 Å². The summed E-state index contributed by atoms with van der Waals surface area (Å²) in [5.74, 6) is 0.863. The molecule has 1 aromatic heterocycles. The summed E-state index contributed by atoms with van der Waals surface area (Å²) in [5.41, 5.74) is 1.89. The van der Waals surface area contributed by atoms with E-state index in [1.807, 2.05) is 24.3 Å². The Morgan fingerprint density at radius 1 is 1.04 bits per heavy atom. The molecular weight excluding hydrogens is 384 g/mol. The Kier molecular flexibility index (Phi) is 5.25. The molecular formula is C18H15BrN4O2. The number of halogens is 1. The van der Waals surface area contributed by atoms with Gasteiger partial charge in [0.15, 0.2) is 0 Å². The van der Waals surface area contributed by atoms with Crippen LogP contribution in [0.4, 0.5) is 17.3 Å². The summed E-state index contributed by atoms with van der Waals surface area (Å²) < 4.78 is 6.04. The first-order valence-corrected chi connectivity index (χ1v) is 8.23. The Hall–Kier alpha value is -2.93. The second-order valence-corrected chi connectivity index (χ2v) is 6.03. The number of hydrogen-bond donors (Lipinski definition) is 2. The van der Waals surface area contributed by atoms with Gasteiger partial charge in [-0.15, -0.1) is 0 Å². The molecule has 0 spiro atoms. The van der Waals surface area contributed by atoms with E-state index in [1.165, 1.54) is 12.4 Å². The molecule has 1 heterocycles. The smallest absolute Gasteiger partial charge is 0.258 e. The molecule has 25 heavy (non-hydrogen) atoms. The molecule has 0 saturated carbocycles. The minimum Gasteiger partial charge on any atom is -0.497 e. The first-order valence-electron chi connectivity index (χ1n) is 7.44. The number of carbonyl (C=O) groups is 1. The van der Waals surface area contributed by atoms with Crippen LogP contribution in [-0.4, -0.2) is 23.0 Å². The van der Waals surface area contributed by atoms with Crippen molar-refractivity contribution in [3.8, 4) is 5.75 Å². The number of rotatable bonds is 5. The minimum atomic E-state index is -0.279. The third kappa shape index (κ3) is 4.54. The zero-order valence-corrected chi connectivity index (χ0v) is 14.9. The van der Waals surface area contributed by atoms with E-state index < -0.39 is 0 Å². The Bertz CT molecular complexity index is 867. The van der Waals surface area contributed by atoms with Gasteiger partial charge in [-0.25, -0.2) is 9.97 Å². The Morgan fingerprint density at radius 2 is 1.76 bits per heavy atom. The van der Waals surface area contributed by atoms with Crippen LogP contribution < -0.4 is 15.4 Å². The van der Waals surface area contributed by atoms with Crippen molar-refractivity contribution in [2.75, 3.05) is 17.7 Å². The van der Waals surface area contributed by atoms with E-state index in [4.69, 9.17) is 4.74 Å². The van der Waals surface area contributed by atoms with Gasteiger partial charge in [0.25, 0.3) is 5.91 Å². The van der Waals surface area contributed by atoms with Gasteiger partial charge in [-0.3, -0.25) is 4.79 Å². The largest absolute Gasteiger partial charge is 0.497 e. The average Bonchev–Trinajstić information content (AvgIpc) is 2.63. The fraction of sp³-hybridized carbons (Fsp3) is 0.0556. The maximum Gasteiger partial charge on any atom is 0.258 e. The molecule has 3 aromatic rings. The molecule has 0 fully saturated rings. The number of amides is 1. The van der Waals surface area contributed by atoms with Crippen molar-refractivity contribution in [1.29, 1.82) is 0 Å². The van der Waals surface area contributed by atoms with E-state index in [0.29, 0.717) is 17.2 Å². The van der Waals surface area contributed by atoms with E-state index in [9.17, 15) is 4.79 Å². The van der Waals surface area contributed by atoms with Crippen LogP contribution in [0.1, 0.15) is 10.4 Å². The lowest BCUT2D eigenvalue weighted by Gasteiger charge is -2.07. The number of ether oxygens (including phenoxy) is 1. The molecule has 0 bridgehead atoms. The molecule has 7 heteroatoms. The highest BCUT2D eigenvalue weighted by Gasteiger charge is 2.08. The second-order valence-electron chi connectivity index (χ2n) is 5.11. The number of aromatic nitrogens is 2. The first kappa shape index (κ1) is 16.9. The molecule has 0 atom stereocenters. The molecule has 126 valence electrons. The van der Waals surface area contributed by atoms with Crippen molar-refractivity contribution in [3.63, 3.8) is 0 Å². The van der Waals surface area contributed by atoms with Crippen LogP contribution in [0.25, 0.3) is 0 Å². The third-order valence-corrected chi connectivity index (χ3v) is 3.84. The monoisotopic (exact) mass is 398 g/mol. The predicted molar refractivity (Wildman–Crippen MR) is 100 cm³/mol. The summed E-state index contributed by atoms with van der Waals surface area (Å²) in [7, 11) is 1.59. The molecule has 0 aliphatic heterocycles. The summed E-state index contributed by atoms with van der Waals surface area (Å²) in [6, 6.07) is 14.7. The third-order valence-electron chi connectivity index (χ3n) is 3.34. The van der Waals surface area contributed by atoms with E-state index >= 15 is 0 Å². The Morgan fingerprint density at radius 3 is 2.40 bits per heavy atom. The van der Waals surface area contributed by atoms with Gasteiger partial charge in [-0.1, -0.05) is 22.0 Å². The molecule has 0 saturated heterocycles.